The minimum Gasteiger partial charge on any atom is -0.550 e. The largest absolute Gasteiger partial charge is 0.550 e. The zero-order valence-electron chi connectivity index (χ0n) is 8.06. The third-order valence-electron chi connectivity index (χ3n) is 2.22. The van der Waals surface area contributed by atoms with Gasteiger partial charge in [0.05, 0.1) is 0 Å². The Morgan fingerprint density at radius 2 is 2.29 bits per heavy atom. The van der Waals surface area contributed by atoms with Gasteiger partial charge in [0.15, 0.2) is 0 Å². The minimum atomic E-state index is -1.03. The molecule has 1 aromatic carbocycles. The first-order chi connectivity index (χ1) is 6.63. The van der Waals surface area contributed by atoms with Crippen LogP contribution in [-0.4, -0.2) is 11.1 Å². The molecule has 0 spiro atoms. The normalized spacial score (nSPS) is 12.4. The third kappa shape index (κ3) is 2.76. The molecule has 1 atom stereocenters. The first kappa shape index (κ1) is 10.6. The van der Waals surface area contributed by atoms with Crippen molar-refractivity contribution in [1.82, 2.24) is 0 Å². The van der Waals surface area contributed by atoms with E-state index in [2.05, 4.69) is 0 Å². The van der Waals surface area contributed by atoms with Crippen LogP contribution in [0.3, 0.4) is 0 Å². The average Bonchev–Trinajstić information content (AvgIpc) is 2.14. The minimum absolute atomic E-state index is 0.163. The van der Waals surface area contributed by atoms with Crippen molar-refractivity contribution >= 4 is 5.97 Å². The maximum absolute atomic E-state index is 10.6. The first-order valence-electron chi connectivity index (χ1n) is 4.62. The highest BCUT2D eigenvalue weighted by Gasteiger charge is 2.08. The smallest absolute Gasteiger partial charge is 0.115 e. The predicted molar refractivity (Wildman–Crippen MR) is 50.6 cm³/mol. The van der Waals surface area contributed by atoms with Gasteiger partial charge in [-0.15, -0.1) is 0 Å². The van der Waals surface area contributed by atoms with Crippen LogP contribution in [0.25, 0.3) is 0 Å². The molecule has 0 unspecified atom stereocenters. The summed E-state index contributed by atoms with van der Waals surface area (Å²) in [6, 6.07) is 6.63. The molecule has 0 saturated carbocycles. The number of aromatic hydroxyl groups is 1. The zero-order valence-corrected chi connectivity index (χ0v) is 8.06. The van der Waals surface area contributed by atoms with E-state index in [1.165, 1.54) is 0 Å². The fourth-order valence-corrected chi connectivity index (χ4v) is 1.36. The van der Waals surface area contributed by atoms with Gasteiger partial charge in [0, 0.05) is 11.9 Å². The molecule has 0 aliphatic carbocycles. The zero-order chi connectivity index (χ0) is 10.6. The summed E-state index contributed by atoms with van der Waals surface area (Å²) in [5, 5.41) is 19.8. The lowest BCUT2D eigenvalue weighted by molar-refractivity contribution is -0.311. The standard InChI is InChI=1S/C11H14O3/c1-2-9(11(13)14)6-8-4-3-5-10(12)7-8/h3-5,7,9,12H,2,6H2,1H3,(H,13,14)/p-1/t9-/m1/s1. The van der Waals surface area contributed by atoms with Crippen LogP contribution >= 0.6 is 0 Å². The molecule has 0 fully saturated rings. The summed E-state index contributed by atoms with van der Waals surface area (Å²) in [5.41, 5.74) is 0.820. The number of phenols is 1. The number of carboxylic acids is 1. The van der Waals surface area contributed by atoms with Crippen LogP contribution in [0, 0.1) is 5.92 Å². The maximum Gasteiger partial charge on any atom is 0.115 e. The SMILES string of the molecule is CC[C@H](Cc1cccc(O)c1)C(=O)[O-]. The van der Waals surface area contributed by atoms with E-state index in [4.69, 9.17) is 0 Å². The Hall–Kier alpha value is -1.51. The Balaban J connectivity index is 2.72. The fourth-order valence-electron chi connectivity index (χ4n) is 1.36. The van der Waals surface area contributed by atoms with Crippen molar-refractivity contribution in [2.24, 2.45) is 5.92 Å². The number of benzene rings is 1. The van der Waals surface area contributed by atoms with Crippen LogP contribution in [0.2, 0.25) is 0 Å². The average molecular weight is 193 g/mol. The second-order valence-corrected chi connectivity index (χ2v) is 3.30. The fraction of sp³-hybridized carbons (Fsp3) is 0.364. The lowest BCUT2D eigenvalue weighted by Crippen LogP contribution is -2.32. The second kappa shape index (κ2) is 4.65. The molecule has 0 bridgehead atoms. The topological polar surface area (TPSA) is 60.4 Å². The van der Waals surface area contributed by atoms with Gasteiger partial charge in [-0.05, 0) is 30.5 Å². The summed E-state index contributed by atoms with van der Waals surface area (Å²) in [6.45, 7) is 1.81. The van der Waals surface area contributed by atoms with E-state index in [1.54, 1.807) is 24.3 Å². The Kier molecular flexibility index (Phi) is 3.51. The number of carboxylic acid groups (broad SMARTS) is 1. The van der Waals surface area contributed by atoms with Gasteiger partial charge in [0.1, 0.15) is 5.75 Å². The lowest BCUT2D eigenvalue weighted by Gasteiger charge is -2.15. The van der Waals surface area contributed by atoms with E-state index in [9.17, 15) is 15.0 Å². The quantitative estimate of drug-likeness (QED) is 0.766. The summed E-state index contributed by atoms with van der Waals surface area (Å²) in [4.78, 5) is 10.6. The molecule has 76 valence electrons. The highest BCUT2D eigenvalue weighted by Crippen LogP contribution is 2.16. The van der Waals surface area contributed by atoms with E-state index >= 15 is 0 Å². The number of hydrogen-bond donors (Lipinski definition) is 1. The van der Waals surface area contributed by atoms with Crippen LogP contribution in [0.5, 0.6) is 5.75 Å². The van der Waals surface area contributed by atoms with Crippen LogP contribution in [0.15, 0.2) is 24.3 Å². The number of phenolic OH excluding ortho intramolecular Hbond substituents is 1. The summed E-state index contributed by atoms with van der Waals surface area (Å²) in [6.07, 6.45) is 0.950. The number of hydrogen-bond acceptors (Lipinski definition) is 3. The van der Waals surface area contributed by atoms with E-state index in [0.717, 1.165) is 5.56 Å². The van der Waals surface area contributed by atoms with Crippen molar-refractivity contribution in [3.8, 4) is 5.75 Å². The Morgan fingerprint density at radius 3 is 2.79 bits per heavy atom. The van der Waals surface area contributed by atoms with Crippen LogP contribution in [0.4, 0.5) is 0 Å². The number of rotatable bonds is 4. The summed E-state index contributed by atoms with van der Waals surface area (Å²) in [5.74, 6) is -1.34. The van der Waals surface area contributed by atoms with Crippen LogP contribution in [-0.2, 0) is 11.2 Å². The number of carbonyl (C=O) groups excluding carboxylic acids is 1. The van der Waals surface area contributed by atoms with Crippen molar-refractivity contribution in [1.29, 1.82) is 0 Å². The molecule has 0 aliphatic heterocycles. The third-order valence-corrected chi connectivity index (χ3v) is 2.22. The lowest BCUT2D eigenvalue weighted by atomic mass is 9.97. The highest BCUT2D eigenvalue weighted by atomic mass is 16.4. The molecule has 0 saturated heterocycles. The molecule has 1 aromatic rings. The molecule has 3 nitrogen and oxygen atoms in total. The van der Waals surface area contributed by atoms with E-state index in [1.807, 2.05) is 6.92 Å². The Morgan fingerprint density at radius 1 is 1.57 bits per heavy atom. The summed E-state index contributed by atoms with van der Waals surface area (Å²) >= 11 is 0. The highest BCUT2D eigenvalue weighted by molar-refractivity contribution is 5.68. The summed E-state index contributed by atoms with van der Waals surface area (Å²) in [7, 11) is 0. The van der Waals surface area contributed by atoms with Crippen LogP contribution in [0.1, 0.15) is 18.9 Å². The Bertz CT molecular complexity index is 320. The van der Waals surface area contributed by atoms with Gasteiger partial charge >= 0.3 is 0 Å². The van der Waals surface area contributed by atoms with Crippen molar-refractivity contribution in [2.75, 3.05) is 0 Å². The molecule has 0 aromatic heterocycles. The number of aliphatic carboxylic acids is 1. The second-order valence-electron chi connectivity index (χ2n) is 3.30. The van der Waals surface area contributed by atoms with Gasteiger partial charge < -0.3 is 15.0 Å². The molecular weight excluding hydrogens is 180 g/mol. The molecule has 0 aliphatic rings. The molecule has 14 heavy (non-hydrogen) atoms. The van der Waals surface area contributed by atoms with Gasteiger partial charge in [0.2, 0.25) is 0 Å². The van der Waals surface area contributed by atoms with E-state index in [-0.39, 0.29) is 5.75 Å². The molecule has 1 N–H and O–H groups in total. The molecular formula is C11H13O3-. The molecule has 0 heterocycles. The van der Waals surface area contributed by atoms with Gasteiger partial charge in [-0.3, -0.25) is 0 Å². The maximum atomic E-state index is 10.6. The number of carbonyl (C=O) groups is 1. The van der Waals surface area contributed by atoms with Crippen molar-refractivity contribution in [3.05, 3.63) is 29.8 Å². The Labute approximate surface area is 83.0 Å². The van der Waals surface area contributed by atoms with Gasteiger partial charge in [-0.25, -0.2) is 0 Å². The molecule has 0 radical (unpaired) electrons. The van der Waals surface area contributed by atoms with E-state index < -0.39 is 11.9 Å². The van der Waals surface area contributed by atoms with Crippen molar-refractivity contribution in [2.45, 2.75) is 19.8 Å². The monoisotopic (exact) mass is 193 g/mol. The molecule has 1 rings (SSSR count). The van der Waals surface area contributed by atoms with Crippen molar-refractivity contribution < 1.29 is 15.0 Å². The summed E-state index contributed by atoms with van der Waals surface area (Å²) < 4.78 is 0. The molecule has 3 heteroatoms. The van der Waals surface area contributed by atoms with E-state index in [0.29, 0.717) is 12.8 Å². The molecule has 0 amide bonds. The van der Waals surface area contributed by atoms with Gasteiger partial charge in [0.25, 0.3) is 0 Å². The predicted octanol–water partition coefficient (Wildman–Crippen LogP) is 0.711. The van der Waals surface area contributed by atoms with Gasteiger partial charge in [-0.1, -0.05) is 19.1 Å². The van der Waals surface area contributed by atoms with Crippen molar-refractivity contribution in [3.63, 3.8) is 0 Å². The first-order valence-corrected chi connectivity index (χ1v) is 4.62. The van der Waals surface area contributed by atoms with Crippen LogP contribution < -0.4 is 5.11 Å². The van der Waals surface area contributed by atoms with Gasteiger partial charge in [-0.2, -0.15) is 0 Å².